The van der Waals surface area contributed by atoms with Crippen LogP contribution in [-0.4, -0.2) is 58.5 Å². The number of amides is 4. The number of hydrogen-bond donors (Lipinski definition) is 1. The summed E-state index contributed by atoms with van der Waals surface area (Å²) in [6.45, 7) is 2.77. The van der Waals surface area contributed by atoms with E-state index in [9.17, 15) is 18.8 Å². The van der Waals surface area contributed by atoms with Gasteiger partial charge in [0.15, 0.2) is 0 Å². The molecule has 0 aromatic heterocycles. The van der Waals surface area contributed by atoms with E-state index < -0.39 is 17.6 Å². The number of carbonyl (C=O) groups is 3. The topological polar surface area (TPSA) is 79.0 Å². The lowest BCUT2D eigenvalue weighted by molar-refractivity contribution is -0.144. The zero-order chi connectivity index (χ0) is 21.3. The Morgan fingerprint density at radius 1 is 1.33 bits per heavy atom. The molecule has 2 saturated heterocycles. The maximum absolute atomic E-state index is 13.7. The van der Waals surface area contributed by atoms with Crippen LogP contribution in [0.5, 0.6) is 0 Å². The van der Waals surface area contributed by atoms with Gasteiger partial charge in [-0.2, -0.15) is 0 Å². The van der Waals surface area contributed by atoms with E-state index in [0.29, 0.717) is 31.6 Å². The van der Waals surface area contributed by atoms with Crippen LogP contribution in [0.25, 0.3) is 0 Å². The minimum absolute atomic E-state index is 0.0982. The van der Waals surface area contributed by atoms with Gasteiger partial charge >= 0.3 is 6.03 Å². The standard InChI is InChI=1S/C22H28FN3O4/c1-15(26-20(28)22(24-21(26)29)9-2-3-10-22)19(27)25(14-18-8-5-11-30-18)13-16-6-4-7-17(23)12-16/h4,6-7,12,15,18H,2-3,5,8-11,13-14H2,1H3,(H,24,29). The summed E-state index contributed by atoms with van der Waals surface area (Å²) >= 11 is 0. The number of benzene rings is 1. The van der Waals surface area contributed by atoms with E-state index >= 15 is 0 Å². The molecule has 1 N–H and O–H groups in total. The average molecular weight is 417 g/mol. The van der Waals surface area contributed by atoms with Gasteiger partial charge in [-0.15, -0.1) is 0 Å². The lowest BCUT2D eigenvalue weighted by atomic mass is 9.97. The predicted octanol–water partition coefficient (Wildman–Crippen LogP) is 2.59. The number of halogens is 1. The fraction of sp³-hybridized carbons (Fsp3) is 0.591. The van der Waals surface area contributed by atoms with E-state index in [1.165, 1.54) is 12.1 Å². The van der Waals surface area contributed by atoms with Crippen LogP contribution in [0, 0.1) is 5.82 Å². The Labute approximate surface area is 175 Å². The number of carbonyl (C=O) groups excluding carboxylic acids is 3. The molecule has 2 aliphatic heterocycles. The predicted molar refractivity (Wildman–Crippen MR) is 107 cm³/mol. The third-order valence-corrected chi connectivity index (χ3v) is 6.42. The molecule has 30 heavy (non-hydrogen) atoms. The number of nitrogens with zero attached hydrogens (tertiary/aromatic N) is 2. The summed E-state index contributed by atoms with van der Waals surface area (Å²) in [5.74, 6) is -1.02. The highest BCUT2D eigenvalue weighted by Gasteiger charge is 2.54. The molecule has 1 aromatic carbocycles. The quantitative estimate of drug-likeness (QED) is 0.722. The largest absolute Gasteiger partial charge is 0.376 e. The molecular weight excluding hydrogens is 389 g/mol. The summed E-state index contributed by atoms with van der Waals surface area (Å²) in [5, 5.41) is 2.83. The van der Waals surface area contributed by atoms with Gasteiger partial charge in [0, 0.05) is 19.7 Å². The second-order valence-electron chi connectivity index (χ2n) is 8.55. The number of hydrogen-bond acceptors (Lipinski definition) is 4. The van der Waals surface area contributed by atoms with E-state index in [2.05, 4.69) is 5.32 Å². The van der Waals surface area contributed by atoms with Crippen molar-refractivity contribution in [1.29, 1.82) is 0 Å². The van der Waals surface area contributed by atoms with Crippen molar-refractivity contribution in [1.82, 2.24) is 15.1 Å². The zero-order valence-corrected chi connectivity index (χ0v) is 17.2. The molecule has 1 saturated carbocycles. The number of ether oxygens (including phenoxy) is 1. The second-order valence-corrected chi connectivity index (χ2v) is 8.55. The lowest BCUT2D eigenvalue weighted by Gasteiger charge is -2.31. The highest BCUT2D eigenvalue weighted by molar-refractivity contribution is 6.09. The fourth-order valence-corrected chi connectivity index (χ4v) is 4.81. The Morgan fingerprint density at radius 3 is 2.77 bits per heavy atom. The van der Waals surface area contributed by atoms with Crippen molar-refractivity contribution in [3.8, 4) is 0 Å². The van der Waals surface area contributed by atoms with Gasteiger partial charge in [0.2, 0.25) is 5.91 Å². The lowest BCUT2D eigenvalue weighted by Crippen LogP contribution is -2.52. The molecule has 0 radical (unpaired) electrons. The van der Waals surface area contributed by atoms with Crippen LogP contribution in [-0.2, 0) is 20.9 Å². The first kappa shape index (κ1) is 20.8. The summed E-state index contributed by atoms with van der Waals surface area (Å²) in [6, 6.07) is 4.65. The van der Waals surface area contributed by atoms with Crippen LogP contribution in [0.15, 0.2) is 24.3 Å². The molecule has 2 unspecified atom stereocenters. The van der Waals surface area contributed by atoms with Gasteiger partial charge in [0.25, 0.3) is 5.91 Å². The fourth-order valence-electron chi connectivity index (χ4n) is 4.81. The smallest absolute Gasteiger partial charge is 0.325 e. The molecule has 4 amide bonds. The Hall–Kier alpha value is -2.48. The molecule has 2 heterocycles. The van der Waals surface area contributed by atoms with Crippen molar-refractivity contribution in [2.24, 2.45) is 0 Å². The normalized spacial score (nSPS) is 23.8. The molecule has 0 bridgehead atoms. The minimum Gasteiger partial charge on any atom is -0.376 e. The summed E-state index contributed by atoms with van der Waals surface area (Å²) in [5.41, 5.74) is -0.203. The van der Waals surface area contributed by atoms with Gasteiger partial charge < -0.3 is 15.0 Å². The minimum atomic E-state index is -0.938. The zero-order valence-electron chi connectivity index (χ0n) is 17.2. The molecule has 162 valence electrons. The van der Waals surface area contributed by atoms with E-state index in [1.807, 2.05) is 0 Å². The van der Waals surface area contributed by atoms with Crippen LogP contribution < -0.4 is 5.32 Å². The molecule has 1 aromatic rings. The molecular formula is C22H28FN3O4. The summed E-state index contributed by atoms with van der Waals surface area (Å²) in [6.07, 6.45) is 4.65. The van der Waals surface area contributed by atoms with Gasteiger partial charge in [-0.3, -0.25) is 9.59 Å². The van der Waals surface area contributed by atoms with Gasteiger partial charge in [-0.05, 0) is 50.3 Å². The Kier molecular flexibility index (Phi) is 5.77. The Bertz CT molecular complexity index is 833. The molecule has 8 heteroatoms. The van der Waals surface area contributed by atoms with Crippen molar-refractivity contribution >= 4 is 17.8 Å². The Balaban J connectivity index is 1.53. The van der Waals surface area contributed by atoms with Crippen molar-refractivity contribution in [2.45, 2.75) is 69.7 Å². The summed E-state index contributed by atoms with van der Waals surface area (Å²) in [7, 11) is 0. The Morgan fingerprint density at radius 2 is 2.10 bits per heavy atom. The monoisotopic (exact) mass is 417 g/mol. The third kappa shape index (κ3) is 3.93. The highest BCUT2D eigenvalue weighted by atomic mass is 19.1. The first-order chi connectivity index (χ1) is 14.4. The van der Waals surface area contributed by atoms with Crippen molar-refractivity contribution < 1.29 is 23.5 Å². The van der Waals surface area contributed by atoms with E-state index in [4.69, 9.17) is 4.74 Å². The summed E-state index contributed by atoms with van der Waals surface area (Å²) < 4.78 is 19.4. The van der Waals surface area contributed by atoms with Crippen molar-refractivity contribution in [2.75, 3.05) is 13.2 Å². The maximum atomic E-state index is 13.7. The highest BCUT2D eigenvalue weighted by Crippen LogP contribution is 2.36. The van der Waals surface area contributed by atoms with Gasteiger partial charge in [-0.25, -0.2) is 14.1 Å². The van der Waals surface area contributed by atoms with Crippen LogP contribution >= 0.6 is 0 Å². The number of rotatable bonds is 6. The van der Waals surface area contributed by atoms with Crippen molar-refractivity contribution in [3.63, 3.8) is 0 Å². The third-order valence-electron chi connectivity index (χ3n) is 6.42. The van der Waals surface area contributed by atoms with E-state index in [-0.39, 0.29) is 30.3 Å². The van der Waals surface area contributed by atoms with Crippen LogP contribution in [0.2, 0.25) is 0 Å². The first-order valence-electron chi connectivity index (χ1n) is 10.7. The van der Waals surface area contributed by atoms with E-state index in [1.54, 1.807) is 24.0 Å². The van der Waals surface area contributed by atoms with Crippen molar-refractivity contribution in [3.05, 3.63) is 35.6 Å². The van der Waals surface area contributed by atoms with Gasteiger partial charge in [-0.1, -0.05) is 25.0 Å². The molecule has 3 fully saturated rings. The van der Waals surface area contributed by atoms with Crippen LogP contribution in [0.4, 0.5) is 9.18 Å². The molecule has 4 rings (SSSR count). The molecule has 1 aliphatic carbocycles. The van der Waals surface area contributed by atoms with Gasteiger partial charge in [0.1, 0.15) is 17.4 Å². The maximum Gasteiger partial charge on any atom is 0.325 e. The van der Waals surface area contributed by atoms with E-state index in [0.717, 1.165) is 30.6 Å². The van der Waals surface area contributed by atoms with Crippen LogP contribution in [0.3, 0.4) is 0 Å². The molecule has 7 nitrogen and oxygen atoms in total. The summed E-state index contributed by atoms with van der Waals surface area (Å²) in [4.78, 5) is 41.7. The molecule has 2 atom stereocenters. The number of nitrogens with one attached hydrogen (secondary N) is 1. The molecule has 1 spiro atoms. The second kappa shape index (κ2) is 8.34. The first-order valence-corrected chi connectivity index (χ1v) is 10.7. The molecule has 3 aliphatic rings. The average Bonchev–Trinajstić information content (AvgIpc) is 3.44. The van der Waals surface area contributed by atoms with Crippen LogP contribution in [0.1, 0.15) is 51.0 Å². The van der Waals surface area contributed by atoms with Gasteiger partial charge in [0.05, 0.1) is 6.10 Å². The number of urea groups is 1. The number of imide groups is 1. The SMILES string of the molecule is CC(C(=O)N(Cc1cccc(F)c1)CC1CCCO1)N1C(=O)NC2(CCCC2)C1=O.